The summed E-state index contributed by atoms with van der Waals surface area (Å²) in [6.07, 6.45) is 6.87. The molecule has 0 spiro atoms. The normalized spacial score (nSPS) is 25.8. The van der Waals surface area contributed by atoms with Gasteiger partial charge in [-0.2, -0.15) is 0 Å². The predicted molar refractivity (Wildman–Crippen MR) is 89.4 cm³/mol. The van der Waals surface area contributed by atoms with Crippen LogP contribution >= 0.6 is 0 Å². The summed E-state index contributed by atoms with van der Waals surface area (Å²) in [5.41, 5.74) is 2.30. The number of aromatic hydroxyl groups is 2. The highest BCUT2D eigenvalue weighted by atomic mass is 16.6. The number of nitro groups is 1. The van der Waals surface area contributed by atoms with Crippen molar-refractivity contribution in [1.29, 1.82) is 0 Å². The molecule has 2 aromatic rings. The zero-order valence-corrected chi connectivity index (χ0v) is 13.4. The number of hydrogen-bond acceptors (Lipinski definition) is 5. The van der Waals surface area contributed by atoms with Gasteiger partial charge in [0.1, 0.15) is 0 Å². The lowest BCUT2D eigenvalue weighted by Gasteiger charge is -2.17. The fourth-order valence-corrected chi connectivity index (χ4v) is 4.44. The van der Waals surface area contributed by atoms with Crippen molar-refractivity contribution in [3.63, 3.8) is 0 Å². The van der Waals surface area contributed by atoms with Gasteiger partial charge in [-0.3, -0.25) is 14.7 Å². The minimum atomic E-state index is -1.36. The lowest BCUT2D eigenvalue weighted by molar-refractivity contribution is -0.569. The molecule has 1 aromatic heterocycles. The molecule has 1 aromatic carbocycles. The molecule has 1 unspecified atom stereocenters. The summed E-state index contributed by atoms with van der Waals surface area (Å²) < 4.78 is 1.45. The van der Waals surface area contributed by atoms with Gasteiger partial charge in [0.25, 0.3) is 0 Å². The van der Waals surface area contributed by atoms with Crippen LogP contribution in [0.15, 0.2) is 30.4 Å². The van der Waals surface area contributed by atoms with Crippen molar-refractivity contribution in [1.82, 2.24) is 9.88 Å². The van der Waals surface area contributed by atoms with Crippen LogP contribution in [0, 0.1) is 10.1 Å². The number of fused-ring (bicyclic) bond motifs is 6. The van der Waals surface area contributed by atoms with Crippen molar-refractivity contribution in [2.45, 2.75) is 37.4 Å². The van der Waals surface area contributed by atoms with Crippen LogP contribution in [0.1, 0.15) is 41.1 Å². The number of benzene rings is 1. The third-order valence-electron chi connectivity index (χ3n) is 5.66. The molecule has 0 radical (unpaired) electrons. The minimum absolute atomic E-state index is 0.0720. The van der Waals surface area contributed by atoms with Gasteiger partial charge in [0.2, 0.25) is 11.8 Å². The predicted octanol–water partition coefficient (Wildman–Crippen LogP) is 2.41. The summed E-state index contributed by atoms with van der Waals surface area (Å²) in [4.78, 5) is 11.2. The SMILES string of the molecule is O=[N+]([O-])[C@]12C=CC(N1)c1cc(-n3c(O)c4c(c3O)CCCC4)ccc12. The van der Waals surface area contributed by atoms with E-state index in [0.29, 0.717) is 11.3 Å². The zero-order chi connectivity index (χ0) is 17.3. The van der Waals surface area contributed by atoms with Crippen molar-refractivity contribution in [2.75, 3.05) is 0 Å². The van der Waals surface area contributed by atoms with Crippen molar-refractivity contribution in [3.8, 4) is 17.4 Å². The van der Waals surface area contributed by atoms with E-state index in [4.69, 9.17) is 0 Å². The Labute approximate surface area is 143 Å². The second kappa shape index (κ2) is 4.64. The van der Waals surface area contributed by atoms with Gasteiger partial charge in [-0.1, -0.05) is 6.08 Å². The van der Waals surface area contributed by atoms with Crippen LogP contribution in [0.4, 0.5) is 0 Å². The summed E-state index contributed by atoms with van der Waals surface area (Å²) >= 11 is 0. The van der Waals surface area contributed by atoms with E-state index in [0.717, 1.165) is 42.4 Å². The first-order valence-corrected chi connectivity index (χ1v) is 8.43. The minimum Gasteiger partial charge on any atom is -0.494 e. The van der Waals surface area contributed by atoms with Crippen LogP contribution in [-0.2, 0) is 18.5 Å². The molecule has 25 heavy (non-hydrogen) atoms. The molecule has 7 nitrogen and oxygen atoms in total. The fourth-order valence-electron chi connectivity index (χ4n) is 4.44. The Balaban J connectivity index is 1.67. The van der Waals surface area contributed by atoms with Gasteiger partial charge in [0.15, 0.2) is 0 Å². The van der Waals surface area contributed by atoms with E-state index >= 15 is 0 Å². The van der Waals surface area contributed by atoms with E-state index in [1.807, 2.05) is 6.07 Å². The maximum Gasteiger partial charge on any atom is 0.320 e. The number of nitrogens with zero attached hydrogens (tertiary/aromatic N) is 2. The Hall–Kier alpha value is -2.80. The van der Waals surface area contributed by atoms with Crippen molar-refractivity contribution < 1.29 is 15.1 Å². The molecule has 2 bridgehead atoms. The van der Waals surface area contributed by atoms with Crippen LogP contribution in [0.25, 0.3) is 5.69 Å². The highest BCUT2D eigenvalue weighted by molar-refractivity contribution is 5.58. The topological polar surface area (TPSA) is 101 Å². The first-order chi connectivity index (χ1) is 12.0. The average molecular weight is 339 g/mol. The van der Waals surface area contributed by atoms with E-state index in [9.17, 15) is 20.3 Å². The summed E-state index contributed by atoms with van der Waals surface area (Å²) in [6.45, 7) is 0. The summed E-state index contributed by atoms with van der Waals surface area (Å²) in [5, 5.41) is 35.8. The van der Waals surface area contributed by atoms with Crippen molar-refractivity contribution in [2.24, 2.45) is 0 Å². The molecule has 5 rings (SSSR count). The Morgan fingerprint density at radius 2 is 1.88 bits per heavy atom. The molecule has 0 saturated heterocycles. The van der Waals surface area contributed by atoms with Crippen LogP contribution in [0.3, 0.4) is 0 Å². The zero-order valence-electron chi connectivity index (χ0n) is 13.4. The molecular formula is C18H17N3O4. The number of nitrogens with one attached hydrogen (secondary N) is 1. The van der Waals surface area contributed by atoms with E-state index in [2.05, 4.69) is 5.32 Å². The molecule has 1 aliphatic carbocycles. The van der Waals surface area contributed by atoms with Crippen LogP contribution in [0.5, 0.6) is 11.8 Å². The number of hydrogen-bond donors (Lipinski definition) is 3. The van der Waals surface area contributed by atoms with E-state index in [1.54, 1.807) is 24.3 Å². The van der Waals surface area contributed by atoms with Crippen molar-refractivity contribution in [3.05, 3.63) is 62.7 Å². The number of aromatic nitrogens is 1. The number of rotatable bonds is 2. The molecule has 3 N–H and O–H groups in total. The molecule has 2 aliphatic heterocycles. The van der Waals surface area contributed by atoms with Gasteiger partial charge in [-0.25, -0.2) is 5.32 Å². The van der Waals surface area contributed by atoms with Crippen LogP contribution in [0.2, 0.25) is 0 Å². The first-order valence-electron chi connectivity index (χ1n) is 8.43. The van der Waals surface area contributed by atoms with Gasteiger partial charge >= 0.3 is 5.66 Å². The quantitative estimate of drug-likeness (QED) is 0.443. The first kappa shape index (κ1) is 14.5. The monoisotopic (exact) mass is 339 g/mol. The molecule has 7 heteroatoms. The molecule has 3 aliphatic rings. The molecule has 3 heterocycles. The third kappa shape index (κ3) is 1.68. The largest absolute Gasteiger partial charge is 0.494 e. The maximum atomic E-state index is 11.5. The average Bonchev–Trinajstić information content (AvgIpc) is 3.27. The molecular weight excluding hydrogens is 322 g/mol. The standard InChI is InChI=1S/C18H17N3O4/c22-16-11-3-1-2-4-12(11)17(23)20(16)10-5-6-14-13(9-10)15-7-8-18(14,19-15)21(24)25/h5-9,15,19,22-23H,1-4H2/t15?,18-/m0/s1. The van der Waals surface area contributed by atoms with Crippen molar-refractivity contribution >= 4 is 0 Å². The molecule has 0 amide bonds. The molecule has 128 valence electrons. The molecule has 0 fully saturated rings. The van der Waals surface area contributed by atoms with Gasteiger partial charge in [-0.05, 0) is 49.4 Å². The van der Waals surface area contributed by atoms with Crippen LogP contribution < -0.4 is 5.32 Å². The second-order valence-electron chi connectivity index (χ2n) is 6.92. The summed E-state index contributed by atoms with van der Waals surface area (Å²) in [7, 11) is 0. The Morgan fingerprint density at radius 1 is 1.20 bits per heavy atom. The maximum absolute atomic E-state index is 11.5. The van der Waals surface area contributed by atoms with E-state index in [-0.39, 0.29) is 22.7 Å². The summed E-state index contributed by atoms with van der Waals surface area (Å²) in [5.74, 6) is 0.144. The molecule has 2 atom stereocenters. The fraction of sp³-hybridized carbons (Fsp3) is 0.333. The van der Waals surface area contributed by atoms with E-state index in [1.165, 1.54) is 4.57 Å². The van der Waals surface area contributed by atoms with Gasteiger partial charge in [0, 0.05) is 17.2 Å². The van der Waals surface area contributed by atoms with Gasteiger partial charge in [-0.15, -0.1) is 0 Å². The highest BCUT2D eigenvalue weighted by Crippen LogP contribution is 2.47. The summed E-state index contributed by atoms with van der Waals surface area (Å²) in [6, 6.07) is 5.01. The van der Waals surface area contributed by atoms with Gasteiger partial charge in [0.05, 0.1) is 22.2 Å². The van der Waals surface area contributed by atoms with Crippen LogP contribution in [-0.4, -0.2) is 19.7 Å². The third-order valence-corrected chi connectivity index (χ3v) is 5.66. The lowest BCUT2D eigenvalue weighted by Crippen LogP contribution is -2.40. The Morgan fingerprint density at radius 3 is 2.52 bits per heavy atom. The lowest BCUT2D eigenvalue weighted by atomic mass is 9.92. The highest BCUT2D eigenvalue weighted by Gasteiger charge is 2.55. The second-order valence-corrected chi connectivity index (χ2v) is 6.92. The van der Waals surface area contributed by atoms with Gasteiger partial charge < -0.3 is 10.2 Å². The molecule has 0 saturated carbocycles. The Kier molecular flexibility index (Phi) is 2.69. The smallest absolute Gasteiger partial charge is 0.320 e. The Bertz CT molecular complexity index is 932. The van der Waals surface area contributed by atoms with E-state index < -0.39 is 5.66 Å².